The van der Waals surface area contributed by atoms with Gasteiger partial charge in [-0.15, -0.1) is 0 Å². The Morgan fingerprint density at radius 2 is 1.90 bits per heavy atom. The molecular formula is C23H32N4O3. The van der Waals surface area contributed by atoms with Gasteiger partial charge in [0.25, 0.3) is 5.91 Å². The van der Waals surface area contributed by atoms with Gasteiger partial charge in [-0.3, -0.25) is 9.69 Å². The van der Waals surface area contributed by atoms with Gasteiger partial charge >= 0.3 is 0 Å². The number of benzene rings is 1. The van der Waals surface area contributed by atoms with E-state index in [1.165, 1.54) is 11.8 Å². The van der Waals surface area contributed by atoms with Crippen LogP contribution in [0.4, 0.5) is 0 Å². The smallest absolute Gasteiger partial charge is 0.273 e. The molecule has 7 nitrogen and oxygen atoms in total. The summed E-state index contributed by atoms with van der Waals surface area (Å²) in [5, 5.41) is 17.8. The number of aliphatic hydroxyl groups is 1. The Kier molecular flexibility index (Phi) is 6.51. The Labute approximate surface area is 178 Å². The Morgan fingerprint density at radius 1 is 1.17 bits per heavy atom. The van der Waals surface area contributed by atoms with Crippen LogP contribution in [-0.4, -0.2) is 77.9 Å². The first-order valence-electron chi connectivity index (χ1n) is 10.9. The Balaban J connectivity index is 1.52. The van der Waals surface area contributed by atoms with Crippen molar-refractivity contribution in [1.29, 1.82) is 0 Å². The average molecular weight is 413 g/mol. The number of amides is 1. The van der Waals surface area contributed by atoms with Gasteiger partial charge in [0.05, 0.1) is 6.10 Å². The zero-order valence-corrected chi connectivity index (χ0v) is 17.7. The van der Waals surface area contributed by atoms with Crippen LogP contribution in [0.2, 0.25) is 0 Å². The highest BCUT2D eigenvalue weighted by molar-refractivity contribution is 5.92. The van der Waals surface area contributed by atoms with Gasteiger partial charge in [0.15, 0.2) is 5.69 Å². The van der Waals surface area contributed by atoms with E-state index in [0.717, 1.165) is 51.9 Å². The molecule has 2 aliphatic rings. The van der Waals surface area contributed by atoms with Gasteiger partial charge in [0.2, 0.25) is 0 Å². The zero-order valence-electron chi connectivity index (χ0n) is 17.7. The summed E-state index contributed by atoms with van der Waals surface area (Å²) < 4.78 is 4.81. The molecule has 1 aliphatic carbocycles. The number of hydrogen-bond donors (Lipinski definition) is 2. The van der Waals surface area contributed by atoms with Crippen LogP contribution in [0.5, 0.6) is 0 Å². The monoisotopic (exact) mass is 412 g/mol. The van der Waals surface area contributed by atoms with E-state index in [9.17, 15) is 9.90 Å². The summed E-state index contributed by atoms with van der Waals surface area (Å²) in [6.45, 7) is 4.60. The summed E-state index contributed by atoms with van der Waals surface area (Å²) in [6.07, 6.45) is 4.46. The standard InChI is InChI=1S/C23H32N4O3/c1-26-12-14-27(15-13-26)20-7-10-23(11-8-21(20)28,18-5-3-2-4-6-18)17-24-22(29)19-9-16-30-25-19/h2-6,9,16,20-21,28H,7-8,10-15,17H2,1H3,(H,24,29)/t20-,21-,23-/m0/s1. The number of rotatable bonds is 5. The largest absolute Gasteiger partial charge is 0.391 e. The highest BCUT2D eigenvalue weighted by atomic mass is 16.5. The summed E-state index contributed by atoms with van der Waals surface area (Å²) in [4.78, 5) is 17.3. The Bertz CT molecular complexity index is 805. The van der Waals surface area contributed by atoms with E-state index in [1.54, 1.807) is 6.07 Å². The normalized spacial score (nSPS) is 28.7. The van der Waals surface area contributed by atoms with Crippen LogP contribution in [0, 0.1) is 0 Å². The second-order valence-corrected chi connectivity index (χ2v) is 8.77. The maximum atomic E-state index is 12.5. The third-order valence-corrected chi connectivity index (χ3v) is 6.93. The topological polar surface area (TPSA) is 81.8 Å². The van der Waals surface area contributed by atoms with E-state index < -0.39 is 0 Å². The van der Waals surface area contributed by atoms with Crippen molar-refractivity contribution in [2.24, 2.45) is 0 Å². The van der Waals surface area contributed by atoms with Crippen LogP contribution < -0.4 is 5.32 Å². The van der Waals surface area contributed by atoms with Crippen molar-refractivity contribution in [3.8, 4) is 0 Å². The van der Waals surface area contributed by atoms with Crippen LogP contribution in [0.1, 0.15) is 41.7 Å². The minimum Gasteiger partial charge on any atom is -0.391 e. The molecule has 1 amide bonds. The molecular weight excluding hydrogens is 380 g/mol. The number of carbonyl (C=O) groups is 1. The quantitative estimate of drug-likeness (QED) is 0.730. The number of likely N-dealkylation sites (N-methyl/N-ethyl adjacent to an activating group) is 1. The van der Waals surface area contributed by atoms with Gasteiger partial charge in [0, 0.05) is 50.2 Å². The van der Waals surface area contributed by atoms with E-state index in [-0.39, 0.29) is 23.5 Å². The molecule has 1 aliphatic heterocycles. The number of aliphatic hydroxyl groups excluding tert-OH is 1. The van der Waals surface area contributed by atoms with Crippen molar-refractivity contribution in [2.45, 2.75) is 43.2 Å². The second kappa shape index (κ2) is 9.29. The first-order valence-corrected chi connectivity index (χ1v) is 10.9. The highest BCUT2D eigenvalue weighted by Crippen LogP contribution is 2.39. The summed E-state index contributed by atoms with van der Waals surface area (Å²) in [5.41, 5.74) is 1.31. The van der Waals surface area contributed by atoms with Crippen LogP contribution >= 0.6 is 0 Å². The van der Waals surface area contributed by atoms with Gasteiger partial charge in [-0.2, -0.15) is 0 Å². The highest BCUT2D eigenvalue weighted by Gasteiger charge is 2.40. The molecule has 2 fully saturated rings. The van der Waals surface area contributed by atoms with Crippen LogP contribution in [0.3, 0.4) is 0 Å². The fourth-order valence-corrected chi connectivity index (χ4v) is 4.97. The molecule has 3 atom stereocenters. The molecule has 0 spiro atoms. The number of hydrogen-bond acceptors (Lipinski definition) is 6. The van der Waals surface area contributed by atoms with Gasteiger partial charge in [-0.1, -0.05) is 35.5 Å². The molecule has 30 heavy (non-hydrogen) atoms. The Hall–Kier alpha value is -2.22. The average Bonchev–Trinajstić information content (AvgIpc) is 3.26. The maximum Gasteiger partial charge on any atom is 0.273 e. The first-order chi connectivity index (χ1) is 14.6. The van der Waals surface area contributed by atoms with Crippen molar-refractivity contribution in [2.75, 3.05) is 39.8 Å². The fraction of sp³-hybridized carbons (Fsp3) is 0.565. The molecule has 0 unspecified atom stereocenters. The summed E-state index contributed by atoms with van der Waals surface area (Å²) in [6, 6.07) is 12.2. The lowest BCUT2D eigenvalue weighted by atomic mass is 9.74. The lowest BCUT2D eigenvalue weighted by Crippen LogP contribution is -2.52. The number of aromatic nitrogens is 1. The maximum absolute atomic E-state index is 12.5. The lowest BCUT2D eigenvalue weighted by molar-refractivity contribution is 0.0200. The van der Waals surface area contributed by atoms with Gasteiger partial charge < -0.3 is 19.8 Å². The molecule has 4 rings (SSSR count). The summed E-state index contributed by atoms with van der Waals surface area (Å²) in [5.74, 6) is -0.223. The number of carbonyl (C=O) groups excluding carboxylic acids is 1. The van der Waals surface area contributed by atoms with Crippen molar-refractivity contribution in [1.82, 2.24) is 20.3 Å². The second-order valence-electron chi connectivity index (χ2n) is 8.77. The van der Waals surface area contributed by atoms with E-state index in [0.29, 0.717) is 12.2 Å². The van der Waals surface area contributed by atoms with E-state index >= 15 is 0 Å². The molecule has 1 aromatic carbocycles. The van der Waals surface area contributed by atoms with Gasteiger partial charge in [-0.25, -0.2) is 0 Å². The first kappa shape index (κ1) is 21.0. The molecule has 2 N–H and O–H groups in total. The van der Waals surface area contributed by atoms with Crippen LogP contribution in [0.25, 0.3) is 0 Å². The number of piperazine rings is 1. The third-order valence-electron chi connectivity index (χ3n) is 6.93. The van der Waals surface area contributed by atoms with Crippen molar-refractivity contribution in [3.63, 3.8) is 0 Å². The summed E-state index contributed by atoms with van der Waals surface area (Å²) in [7, 11) is 2.15. The van der Waals surface area contributed by atoms with Crippen molar-refractivity contribution in [3.05, 3.63) is 53.9 Å². The van der Waals surface area contributed by atoms with E-state index in [1.807, 2.05) is 6.07 Å². The van der Waals surface area contributed by atoms with E-state index in [4.69, 9.17) is 4.52 Å². The molecule has 0 radical (unpaired) electrons. The number of nitrogens with zero attached hydrogens (tertiary/aromatic N) is 3. The predicted octanol–water partition coefficient (Wildman–Crippen LogP) is 1.89. The van der Waals surface area contributed by atoms with Gasteiger partial charge in [0.1, 0.15) is 6.26 Å². The molecule has 1 saturated carbocycles. The predicted molar refractivity (Wildman–Crippen MR) is 114 cm³/mol. The van der Waals surface area contributed by atoms with Crippen molar-refractivity contribution < 1.29 is 14.4 Å². The molecule has 1 aromatic heterocycles. The van der Waals surface area contributed by atoms with E-state index in [2.05, 4.69) is 51.6 Å². The van der Waals surface area contributed by atoms with Crippen LogP contribution in [-0.2, 0) is 5.41 Å². The molecule has 2 heterocycles. The fourth-order valence-electron chi connectivity index (χ4n) is 4.97. The minimum absolute atomic E-state index is 0.176. The lowest BCUT2D eigenvalue weighted by Gasteiger charge is -2.39. The Morgan fingerprint density at radius 3 is 2.60 bits per heavy atom. The molecule has 1 saturated heterocycles. The molecule has 7 heteroatoms. The van der Waals surface area contributed by atoms with Crippen molar-refractivity contribution >= 4 is 5.91 Å². The summed E-state index contributed by atoms with van der Waals surface area (Å²) >= 11 is 0. The zero-order chi connectivity index (χ0) is 21.0. The molecule has 2 aromatic rings. The number of nitrogens with one attached hydrogen (secondary N) is 1. The third kappa shape index (κ3) is 4.58. The molecule has 162 valence electrons. The molecule has 0 bridgehead atoms. The van der Waals surface area contributed by atoms with Crippen LogP contribution in [0.15, 0.2) is 47.2 Å². The van der Waals surface area contributed by atoms with Gasteiger partial charge in [-0.05, 0) is 38.3 Å². The SMILES string of the molecule is CN1CCN([C@H]2CC[C@](CNC(=O)c3ccon3)(c3ccccc3)CC[C@@H]2O)CC1. The minimum atomic E-state index is -0.342.